The standard InChI is InChI=1S/C17H26Cl2N2O3S2/c1-4-6-10-21(5-2)17(22)15(9-11-25-3)20-26(23,24)16-12-13(18)7-8-14(16)19/h7-8,12,15,20H,4-6,9-11H2,1-3H3. The number of hydrogen-bond acceptors (Lipinski definition) is 4. The van der Waals surface area contributed by atoms with Gasteiger partial charge in [-0.05, 0) is 50.0 Å². The maximum atomic E-state index is 12.9. The quantitative estimate of drug-likeness (QED) is 0.563. The van der Waals surface area contributed by atoms with Crippen molar-refractivity contribution < 1.29 is 13.2 Å². The van der Waals surface area contributed by atoms with Crippen molar-refractivity contribution in [2.24, 2.45) is 0 Å². The number of thioether (sulfide) groups is 1. The van der Waals surface area contributed by atoms with Gasteiger partial charge in [0.05, 0.1) is 5.02 Å². The minimum absolute atomic E-state index is 0.0660. The van der Waals surface area contributed by atoms with Crippen LogP contribution in [0.15, 0.2) is 23.1 Å². The smallest absolute Gasteiger partial charge is 0.242 e. The monoisotopic (exact) mass is 440 g/mol. The molecule has 26 heavy (non-hydrogen) atoms. The Kier molecular flexibility index (Phi) is 10.3. The first-order chi connectivity index (χ1) is 12.3. The van der Waals surface area contributed by atoms with Crippen molar-refractivity contribution in [2.75, 3.05) is 25.1 Å². The Hall–Kier alpha value is -0.470. The zero-order chi connectivity index (χ0) is 19.7. The largest absolute Gasteiger partial charge is 0.342 e. The first kappa shape index (κ1) is 23.6. The highest BCUT2D eigenvalue weighted by atomic mass is 35.5. The molecular formula is C17H26Cl2N2O3S2. The molecule has 1 atom stereocenters. The van der Waals surface area contributed by atoms with E-state index in [1.54, 1.807) is 16.7 Å². The molecule has 1 rings (SSSR count). The number of unbranched alkanes of at least 4 members (excludes halogenated alkanes) is 1. The highest BCUT2D eigenvalue weighted by Crippen LogP contribution is 2.25. The van der Waals surface area contributed by atoms with Gasteiger partial charge in [-0.2, -0.15) is 16.5 Å². The van der Waals surface area contributed by atoms with E-state index in [4.69, 9.17) is 23.2 Å². The van der Waals surface area contributed by atoms with E-state index in [0.29, 0.717) is 25.3 Å². The first-order valence-corrected chi connectivity index (χ1v) is 12.1. The molecule has 1 unspecified atom stereocenters. The van der Waals surface area contributed by atoms with Crippen molar-refractivity contribution in [3.05, 3.63) is 28.2 Å². The molecule has 0 saturated heterocycles. The Labute approximate surface area is 170 Å². The van der Waals surface area contributed by atoms with Gasteiger partial charge in [-0.25, -0.2) is 8.42 Å². The number of halogens is 2. The summed E-state index contributed by atoms with van der Waals surface area (Å²) in [6.45, 7) is 5.09. The van der Waals surface area contributed by atoms with E-state index >= 15 is 0 Å². The number of carbonyl (C=O) groups is 1. The second kappa shape index (κ2) is 11.4. The number of rotatable bonds is 11. The van der Waals surface area contributed by atoms with Crippen LogP contribution in [0.3, 0.4) is 0 Å². The molecule has 1 N–H and O–H groups in total. The zero-order valence-electron chi connectivity index (χ0n) is 15.3. The lowest BCUT2D eigenvalue weighted by Crippen LogP contribution is -2.49. The molecule has 1 aromatic rings. The molecule has 0 heterocycles. The van der Waals surface area contributed by atoms with Crippen LogP contribution >= 0.6 is 35.0 Å². The number of carbonyl (C=O) groups excluding carboxylic acids is 1. The van der Waals surface area contributed by atoms with E-state index in [2.05, 4.69) is 4.72 Å². The number of amides is 1. The second-order valence-corrected chi connectivity index (χ2v) is 9.31. The molecule has 9 heteroatoms. The van der Waals surface area contributed by atoms with E-state index < -0.39 is 16.1 Å². The van der Waals surface area contributed by atoms with Crippen molar-refractivity contribution in [3.63, 3.8) is 0 Å². The van der Waals surface area contributed by atoms with E-state index in [9.17, 15) is 13.2 Å². The summed E-state index contributed by atoms with van der Waals surface area (Å²) in [4.78, 5) is 14.4. The third-order valence-electron chi connectivity index (χ3n) is 3.86. The fourth-order valence-corrected chi connectivity index (χ4v) is 4.85. The summed E-state index contributed by atoms with van der Waals surface area (Å²) in [5, 5.41) is 0.330. The summed E-state index contributed by atoms with van der Waals surface area (Å²) in [7, 11) is -3.97. The molecule has 0 spiro atoms. The fourth-order valence-electron chi connectivity index (χ4n) is 2.40. The molecule has 0 aliphatic heterocycles. The van der Waals surface area contributed by atoms with Crippen LogP contribution in [-0.4, -0.2) is 50.4 Å². The second-order valence-electron chi connectivity index (χ2n) is 5.80. The lowest BCUT2D eigenvalue weighted by Gasteiger charge is -2.27. The van der Waals surface area contributed by atoms with Gasteiger partial charge < -0.3 is 4.90 Å². The minimum atomic E-state index is -3.97. The van der Waals surface area contributed by atoms with Crippen LogP contribution in [0.4, 0.5) is 0 Å². The Morgan fingerprint density at radius 1 is 1.31 bits per heavy atom. The average Bonchev–Trinajstić information content (AvgIpc) is 2.60. The zero-order valence-corrected chi connectivity index (χ0v) is 18.4. The summed E-state index contributed by atoms with van der Waals surface area (Å²) in [6.07, 6.45) is 4.16. The van der Waals surface area contributed by atoms with Gasteiger partial charge in [0.1, 0.15) is 10.9 Å². The third kappa shape index (κ3) is 6.93. The minimum Gasteiger partial charge on any atom is -0.342 e. The van der Waals surface area contributed by atoms with E-state index in [1.807, 2.05) is 20.1 Å². The predicted octanol–water partition coefficient (Wildman–Crippen LogP) is 4.04. The summed E-state index contributed by atoms with van der Waals surface area (Å²) in [5.74, 6) is 0.449. The molecule has 0 aliphatic carbocycles. The van der Waals surface area contributed by atoms with Crippen LogP contribution in [-0.2, 0) is 14.8 Å². The Morgan fingerprint density at radius 2 is 2.00 bits per heavy atom. The SMILES string of the molecule is CCCCN(CC)C(=O)C(CCSC)NS(=O)(=O)c1cc(Cl)ccc1Cl. The van der Waals surface area contributed by atoms with Gasteiger partial charge in [0, 0.05) is 18.1 Å². The lowest BCUT2D eigenvalue weighted by molar-refractivity contribution is -0.132. The van der Waals surface area contributed by atoms with Crippen LogP contribution in [0, 0.1) is 0 Å². The number of likely N-dealkylation sites (N-methyl/N-ethyl adjacent to an activating group) is 1. The number of hydrogen-bond donors (Lipinski definition) is 1. The summed E-state index contributed by atoms with van der Waals surface area (Å²) >= 11 is 13.5. The maximum absolute atomic E-state index is 12.9. The fraction of sp³-hybridized carbons (Fsp3) is 0.588. The number of benzene rings is 1. The highest BCUT2D eigenvalue weighted by molar-refractivity contribution is 7.98. The van der Waals surface area contributed by atoms with Crippen molar-refractivity contribution in [1.82, 2.24) is 9.62 Å². The van der Waals surface area contributed by atoms with Crippen molar-refractivity contribution in [2.45, 2.75) is 44.0 Å². The molecule has 0 aromatic heterocycles. The molecule has 5 nitrogen and oxygen atoms in total. The maximum Gasteiger partial charge on any atom is 0.242 e. The molecule has 1 amide bonds. The topological polar surface area (TPSA) is 66.5 Å². The van der Waals surface area contributed by atoms with Crippen LogP contribution in [0.5, 0.6) is 0 Å². The molecule has 0 radical (unpaired) electrons. The third-order valence-corrected chi connectivity index (χ3v) is 6.70. The molecule has 1 aromatic carbocycles. The van der Waals surface area contributed by atoms with Gasteiger partial charge in [0.25, 0.3) is 0 Å². The molecule has 0 aliphatic rings. The van der Waals surface area contributed by atoms with E-state index in [-0.39, 0.29) is 20.8 Å². The van der Waals surface area contributed by atoms with Gasteiger partial charge in [-0.1, -0.05) is 36.5 Å². The van der Waals surface area contributed by atoms with Gasteiger partial charge in [0.15, 0.2) is 0 Å². The van der Waals surface area contributed by atoms with Gasteiger partial charge >= 0.3 is 0 Å². The van der Waals surface area contributed by atoms with Crippen molar-refractivity contribution >= 4 is 50.9 Å². The van der Waals surface area contributed by atoms with Crippen LogP contribution < -0.4 is 4.72 Å². The predicted molar refractivity (Wildman–Crippen MR) is 111 cm³/mol. The van der Waals surface area contributed by atoms with E-state index in [1.165, 1.54) is 18.2 Å². The van der Waals surface area contributed by atoms with Crippen molar-refractivity contribution in [3.8, 4) is 0 Å². The van der Waals surface area contributed by atoms with Crippen LogP contribution in [0.2, 0.25) is 10.0 Å². The van der Waals surface area contributed by atoms with Gasteiger partial charge in [0.2, 0.25) is 15.9 Å². The summed E-state index contributed by atoms with van der Waals surface area (Å²) in [5.41, 5.74) is 0. The summed E-state index contributed by atoms with van der Waals surface area (Å²) in [6, 6.07) is 3.40. The molecule has 0 bridgehead atoms. The number of sulfonamides is 1. The van der Waals surface area contributed by atoms with Gasteiger partial charge in [-0.15, -0.1) is 0 Å². The Balaban J connectivity index is 3.08. The summed E-state index contributed by atoms with van der Waals surface area (Å²) < 4.78 is 28.1. The van der Waals surface area contributed by atoms with Crippen molar-refractivity contribution in [1.29, 1.82) is 0 Å². The molecule has 148 valence electrons. The number of nitrogens with zero attached hydrogens (tertiary/aromatic N) is 1. The van der Waals surface area contributed by atoms with Crippen LogP contribution in [0.25, 0.3) is 0 Å². The first-order valence-electron chi connectivity index (χ1n) is 8.51. The van der Waals surface area contributed by atoms with Crippen LogP contribution in [0.1, 0.15) is 33.1 Å². The molecule has 0 fully saturated rings. The molecular weight excluding hydrogens is 415 g/mol. The average molecular weight is 441 g/mol. The number of nitrogens with one attached hydrogen (secondary N) is 1. The van der Waals surface area contributed by atoms with Gasteiger partial charge in [-0.3, -0.25) is 4.79 Å². The lowest BCUT2D eigenvalue weighted by atomic mass is 10.2. The Morgan fingerprint density at radius 3 is 2.58 bits per heavy atom. The Bertz CT molecular complexity index is 699. The molecule has 0 saturated carbocycles. The highest BCUT2D eigenvalue weighted by Gasteiger charge is 2.29. The normalized spacial score (nSPS) is 12.8. The van der Waals surface area contributed by atoms with E-state index in [0.717, 1.165) is 12.8 Å².